The SMILES string of the molecule is CC(C)CCCCC1CCC2C3CC=C4CC(OC(=O)NCCCCCCCCNC(=O)OC(C)(C)C)CCC4(C)C3CCC12C. The van der Waals surface area contributed by atoms with Gasteiger partial charge < -0.3 is 20.1 Å². The number of alkyl carbamates (subject to hydrolysis) is 2. The smallest absolute Gasteiger partial charge is 0.407 e. The van der Waals surface area contributed by atoms with Crippen molar-refractivity contribution in [2.45, 2.75) is 176 Å². The van der Waals surface area contributed by atoms with Crippen molar-refractivity contribution in [2.24, 2.45) is 40.4 Å². The highest BCUT2D eigenvalue weighted by molar-refractivity contribution is 5.67. The van der Waals surface area contributed by atoms with E-state index in [2.05, 4.69) is 44.4 Å². The summed E-state index contributed by atoms with van der Waals surface area (Å²) < 4.78 is 11.2. The molecule has 0 aliphatic heterocycles. The molecule has 2 amide bonds. The molecular formula is C40H70N2O4. The molecule has 4 aliphatic carbocycles. The summed E-state index contributed by atoms with van der Waals surface area (Å²) in [4.78, 5) is 24.3. The standard InChI is InChI=1S/C40H70N2O4/c1-29(2)16-12-13-17-30-19-21-34-33-20-18-31-28-32(22-24-40(31,7)35(33)23-25-39(30,34)6)45-36(43)41-26-14-10-8-9-11-15-27-42-37(44)46-38(3,4)5/h18,29-30,32-35H,8-17,19-28H2,1-7H3,(H,41,43)(H,42,44). The Bertz CT molecular complexity index is 1020. The molecule has 0 bridgehead atoms. The predicted octanol–water partition coefficient (Wildman–Crippen LogP) is 10.7. The minimum atomic E-state index is -0.455. The lowest BCUT2D eigenvalue weighted by molar-refractivity contribution is -0.0519. The van der Waals surface area contributed by atoms with E-state index in [1.165, 1.54) is 57.8 Å². The molecule has 0 heterocycles. The molecule has 264 valence electrons. The van der Waals surface area contributed by atoms with Gasteiger partial charge in [-0.3, -0.25) is 0 Å². The van der Waals surface area contributed by atoms with Crippen LogP contribution in [0.25, 0.3) is 0 Å². The molecule has 0 aromatic rings. The van der Waals surface area contributed by atoms with Gasteiger partial charge in [0.15, 0.2) is 0 Å². The number of nitrogens with one attached hydrogen (secondary N) is 2. The first-order valence-corrected chi connectivity index (χ1v) is 19.4. The van der Waals surface area contributed by atoms with Gasteiger partial charge in [-0.15, -0.1) is 0 Å². The van der Waals surface area contributed by atoms with Crippen LogP contribution in [0.1, 0.15) is 164 Å². The van der Waals surface area contributed by atoms with Crippen molar-refractivity contribution in [2.75, 3.05) is 13.1 Å². The van der Waals surface area contributed by atoms with E-state index < -0.39 is 5.60 Å². The Balaban J connectivity index is 1.11. The summed E-state index contributed by atoms with van der Waals surface area (Å²) in [7, 11) is 0. The summed E-state index contributed by atoms with van der Waals surface area (Å²) in [6.07, 6.45) is 24.1. The van der Waals surface area contributed by atoms with Crippen LogP contribution in [0.4, 0.5) is 9.59 Å². The van der Waals surface area contributed by atoms with Crippen LogP contribution in [0.5, 0.6) is 0 Å². The fraction of sp³-hybridized carbons (Fsp3) is 0.900. The quantitative estimate of drug-likeness (QED) is 0.138. The van der Waals surface area contributed by atoms with Crippen molar-refractivity contribution >= 4 is 12.2 Å². The van der Waals surface area contributed by atoms with E-state index in [0.717, 1.165) is 87.4 Å². The number of hydrogen-bond acceptors (Lipinski definition) is 4. The maximum Gasteiger partial charge on any atom is 0.407 e. The molecule has 6 nitrogen and oxygen atoms in total. The van der Waals surface area contributed by atoms with Gasteiger partial charge in [0.25, 0.3) is 0 Å². The number of allylic oxidation sites excluding steroid dienone is 1. The van der Waals surface area contributed by atoms with Crippen LogP contribution in [0.3, 0.4) is 0 Å². The van der Waals surface area contributed by atoms with Gasteiger partial charge in [-0.2, -0.15) is 0 Å². The summed E-state index contributed by atoms with van der Waals surface area (Å²) in [5.41, 5.74) is 1.98. The predicted molar refractivity (Wildman–Crippen MR) is 189 cm³/mol. The first-order valence-electron chi connectivity index (χ1n) is 19.4. The summed E-state index contributed by atoms with van der Waals surface area (Å²) in [6.45, 7) is 16.9. The van der Waals surface area contributed by atoms with E-state index in [-0.39, 0.29) is 18.3 Å². The molecular weight excluding hydrogens is 572 g/mol. The third-order valence-corrected chi connectivity index (χ3v) is 12.7. The molecule has 0 aromatic heterocycles. The summed E-state index contributed by atoms with van der Waals surface area (Å²) in [5.74, 6) is 4.33. The van der Waals surface area contributed by atoms with Crippen LogP contribution in [0.15, 0.2) is 11.6 Å². The van der Waals surface area contributed by atoms with Gasteiger partial charge in [0.2, 0.25) is 0 Å². The Kier molecular flexibility index (Phi) is 13.4. The maximum atomic E-state index is 12.6. The largest absolute Gasteiger partial charge is 0.446 e. The van der Waals surface area contributed by atoms with Gasteiger partial charge in [-0.25, -0.2) is 9.59 Å². The normalized spacial score (nSPS) is 32.2. The minimum absolute atomic E-state index is 0.0146. The second-order valence-electron chi connectivity index (χ2n) is 17.5. The van der Waals surface area contributed by atoms with Gasteiger partial charge in [0.1, 0.15) is 11.7 Å². The molecule has 3 saturated carbocycles. The molecule has 4 aliphatic rings. The molecule has 46 heavy (non-hydrogen) atoms. The lowest BCUT2D eigenvalue weighted by Crippen LogP contribution is -2.50. The first kappa shape index (κ1) is 37.1. The molecule has 0 aromatic carbocycles. The topological polar surface area (TPSA) is 76.7 Å². The van der Waals surface area contributed by atoms with Crippen molar-refractivity contribution < 1.29 is 19.1 Å². The van der Waals surface area contributed by atoms with E-state index in [9.17, 15) is 9.59 Å². The number of amides is 2. The average molecular weight is 643 g/mol. The number of ether oxygens (including phenoxy) is 2. The van der Waals surface area contributed by atoms with E-state index >= 15 is 0 Å². The van der Waals surface area contributed by atoms with Gasteiger partial charge in [0, 0.05) is 19.5 Å². The number of hydrogen-bond donors (Lipinski definition) is 2. The van der Waals surface area contributed by atoms with E-state index in [1.807, 2.05) is 20.8 Å². The van der Waals surface area contributed by atoms with Crippen molar-refractivity contribution in [1.29, 1.82) is 0 Å². The van der Waals surface area contributed by atoms with Crippen LogP contribution in [-0.2, 0) is 9.47 Å². The van der Waals surface area contributed by atoms with Crippen LogP contribution >= 0.6 is 0 Å². The third-order valence-electron chi connectivity index (χ3n) is 12.7. The molecule has 7 unspecified atom stereocenters. The molecule has 7 atom stereocenters. The number of carbonyl (C=O) groups is 2. The Morgan fingerprint density at radius 2 is 1.52 bits per heavy atom. The minimum Gasteiger partial charge on any atom is -0.446 e. The van der Waals surface area contributed by atoms with Crippen LogP contribution in [-0.4, -0.2) is 37.0 Å². The number of fused-ring (bicyclic) bond motifs is 5. The van der Waals surface area contributed by atoms with Gasteiger partial charge in [-0.05, 0) is 125 Å². The van der Waals surface area contributed by atoms with Crippen LogP contribution < -0.4 is 10.6 Å². The Hall–Kier alpha value is -1.72. The lowest BCUT2D eigenvalue weighted by Gasteiger charge is -2.58. The second kappa shape index (κ2) is 16.6. The number of unbranched alkanes of at least 4 members (excludes halogenated alkanes) is 6. The van der Waals surface area contributed by atoms with Crippen molar-refractivity contribution in [3.63, 3.8) is 0 Å². The highest BCUT2D eigenvalue weighted by Gasteiger charge is 2.58. The zero-order chi connectivity index (χ0) is 33.4. The van der Waals surface area contributed by atoms with Crippen molar-refractivity contribution in [3.05, 3.63) is 11.6 Å². The molecule has 3 fully saturated rings. The zero-order valence-corrected chi connectivity index (χ0v) is 30.8. The molecule has 2 N–H and O–H groups in total. The highest BCUT2D eigenvalue weighted by atomic mass is 16.6. The van der Waals surface area contributed by atoms with Gasteiger partial charge in [-0.1, -0.05) is 84.3 Å². The third kappa shape index (κ3) is 9.91. The van der Waals surface area contributed by atoms with Gasteiger partial charge in [0.05, 0.1) is 0 Å². The second-order valence-corrected chi connectivity index (χ2v) is 17.5. The van der Waals surface area contributed by atoms with E-state index in [4.69, 9.17) is 9.47 Å². The van der Waals surface area contributed by atoms with E-state index in [0.29, 0.717) is 23.9 Å². The fourth-order valence-electron chi connectivity index (χ4n) is 10.1. The molecule has 4 rings (SSSR count). The van der Waals surface area contributed by atoms with Gasteiger partial charge >= 0.3 is 12.2 Å². The Morgan fingerprint density at radius 3 is 2.20 bits per heavy atom. The Morgan fingerprint density at radius 1 is 0.848 bits per heavy atom. The monoisotopic (exact) mass is 643 g/mol. The summed E-state index contributed by atoms with van der Waals surface area (Å²) >= 11 is 0. The lowest BCUT2D eigenvalue weighted by atomic mass is 9.47. The Labute approximate surface area is 282 Å². The van der Waals surface area contributed by atoms with Crippen molar-refractivity contribution in [3.8, 4) is 0 Å². The van der Waals surface area contributed by atoms with Crippen LogP contribution in [0.2, 0.25) is 0 Å². The average Bonchev–Trinajstić information content (AvgIpc) is 3.31. The number of rotatable bonds is 15. The van der Waals surface area contributed by atoms with Crippen LogP contribution in [0, 0.1) is 40.4 Å². The molecule has 0 saturated heterocycles. The van der Waals surface area contributed by atoms with Crippen molar-refractivity contribution in [1.82, 2.24) is 10.6 Å². The zero-order valence-electron chi connectivity index (χ0n) is 30.8. The fourth-order valence-corrected chi connectivity index (χ4v) is 10.1. The molecule has 6 heteroatoms. The summed E-state index contributed by atoms with van der Waals surface area (Å²) in [6, 6.07) is 0. The molecule has 0 spiro atoms. The maximum absolute atomic E-state index is 12.6. The summed E-state index contributed by atoms with van der Waals surface area (Å²) in [5, 5.41) is 5.83. The highest BCUT2D eigenvalue weighted by Crippen LogP contribution is 2.66. The number of carbonyl (C=O) groups excluding carboxylic acids is 2. The van der Waals surface area contributed by atoms with E-state index in [1.54, 1.807) is 5.57 Å². The molecule has 0 radical (unpaired) electrons. The first-order chi connectivity index (χ1) is 21.8.